The molecule has 0 saturated carbocycles. The van der Waals surface area contributed by atoms with Gasteiger partial charge in [-0.25, -0.2) is 19.2 Å². The first-order chi connectivity index (χ1) is 14.7. The SMILES string of the molecule is C=CC(=O)OCCOC(=O)NC1NC(NC(=O)OCCOC(=O)C=C)NC(N(C)C)N1. The number of hydrogen-bond donors (Lipinski definition) is 5. The van der Waals surface area contributed by atoms with Crippen LogP contribution in [0.3, 0.4) is 0 Å². The Kier molecular flexibility index (Phi) is 11.6. The third kappa shape index (κ3) is 10.9. The van der Waals surface area contributed by atoms with E-state index < -0.39 is 43.0 Å². The molecule has 2 atom stereocenters. The zero-order valence-electron chi connectivity index (χ0n) is 17.3. The van der Waals surface area contributed by atoms with Gasteiger partial charge < -0.3 is 18.9 Å². The number of hydrogen-bond acceptors (Lipinski definition) is 12. The number of nitrogens with one attached hydrogen (secondary N) is 5. The number of amides is 2. The maximum absolute atomic E-state index is 11.9. The van der Waals surface area contributed by atoms with Crippen molar-refractivity contribution in [3.05, 3.63) is 25.3 Å². The highest BCUT2D eigenvalue weighted by Gasteiger charge is 2.30. The number of esters is 2. The van der Waals surface area contributed by atoms with Crippen molar-refractivity contribution < 1.29 is 38.1 Å². The Bertz CT molecular complexity index is 609. The predicted molar refractivity (Wildman–Crippen MR) is 106 cm³/mol. The third-order valence-electron chi connectivity index (χ3n) is 3.48. The lowest BCUT2D eigenvalue weighted by Gasteiger charge is -2.41. The van der Waals surface area contributed by atoms with Crippen LogP contribution < -0.4 is 26.6 Å². The number of rotatable bonds is 11. The molecule has 14 heteroatoms. The molecule has 1 rings (SSSR count). The largest absolute Gasteiger partial charge is 0.459 e. The van der Waals surface area contributed by atoms with E-state index in [-0.39, 0.29) is 26.4 Å². The van der Waals surface area contributed by atoms with E-state index in [0.717, 1.165) is 12.2 Å². The average molecular weight is 444 g/mol. The van der Waals surface area contributed by atoms with E-state index in [9.17, 15) is 19.2 Å². The van der Waals surface area contributed by atoms with Crippen LogP contribution in [0.25, 0.3) is 0 Å². The summed E-state index contributed by atoms with van der Waals surface area (Å²) in [4.78, 5) is 47.4. The zero-order chi connectivity index (χ0) is 23.2. The highest BCUT2D eigenvalue weighted by atomic mass is 16.6. The van der Waals surface area contributed by atoms with Gasteiger partial charge in [-0.3, -0.25) is 31.5 Å². The Labute approximate surface area is 179 Å². The van der Waals surface area contributed by atoms with Gasteiger partial charge in [0.05, 0.1) is 0 Å². The molecule has 2 amide bonds. The second-order valence-electron chi connectivity index (χ2n) is 6.04. The highest BCUT2D eigenvalue weighted by Crippen LogP contribution is 1.96. The normalized spacial score (nSPS) is 20.2. The van der Waals surface area contributed by atoms with Crippen molar-refractivity contribution in [2.45, 2.75) is 18.9 Å². The van der Waals surface area contributed by atoms with Crippen LogP contribution in [0.4, 0.5) is 9.59 Å². The fraction of sp³-hybridized carbons (Fsp3) is 0.529. The first-order valence-corrected chi connectivity index (χ1v) is 9.14. The summed E-state index contributed by atoms with van der Waals surface area (Å²) >= 11 is 0. The Morgan fingerprint density at radius 2 is 1.16 bits per heavy atom. The molecule has 5 N–H and O–H groups in total. The zero-order valence-corrected chi connectivity index (χ0v) is 17.3. The van der Waals surface area contributed by atoms with Gasteiger partial charge in [-0.05, 0) is 14.1 Å². The molecular weight excluding hydrogens is 416 g/mol. The Hall–Kier alpha value is -3.20. The highest BCUT2D eigenvalue weighted by molar-refractivity contribution is 5.81. The maximum atomic E-state index is 11.9. The molecule has 2 unspecified atom stereocenters. The smallest absolute Gasteiger partial charge is 0.409 e. The Morgan fingerprint density at radius 3 is 1.52 bits per heavy atom. The van der Waals surface area contributed by atoms with E-state index in [2.05, 4.69) is 39.7 Å². The quantitative estimate of drug-likeness (QED) is 0.104. The molecule has 0 aromatic carbocycles. The Balaban J connectivity index is 2.44. The number of alkyl carbamates (subject to hydrolysis) is 2. The van der Waals surface area contributed by atoms with Gasteiger partial charge in [-0.15, -0.1) is 0 Å². The summed E-state index contributed by atoms with van der Waals surface area (Å²) in [5.74, 6) is -1.25. The molecule has 0 bridgehead atoms. The minimum absolute atomic E-state index is 0.121. The molecule has 0 radical (unpaired) electrons. The van der Waals surface area contributed by atoms with Crippen molar-refractivity contribution in [1.82, 2.24) is 31.5 Å². The molecule has 174 valence electrons. The molecule has 0 aromatic rings. The second kappa shape index (κ2) is 13.9. The van der Waals surface area contributed by atoms with E-state index in [1.165, 1.54) is 0 Å². The molecule has 0 aliphatic carbocycles. The fourth-order valence-corrected chi connectivity index (χ4v) is 2.08. The molecule has 0 spiro atoms. The van der Waals surface area contributed by atoms with Gasteiger partial charge in [-0.1, -0.05) is 13.2 Å². The molecule has 1 fully saturated rings. The van der Waals surface area contributed by atoms with Gasteiger partial charge in [0.1, 0.15) is 45.3 Å². The van der Waals surface area contributed by atoms with E-state index in [1.807, 2.05) is 0 Å². The van der Waals surface area contributed by atoms with Gasteiger partial charge in [0.2, 0.25) is 0 Å². The monoisotopic (exact) mass is 444 g/mol. The third-order valence-corrected chi connectivity index (χ3v) is 3.48. The molecule has 1 saturated heterocycles. The molecule has 0 aromatic heterocycles. The van der Waals surface area contributed by atoms with Gasteiger partial charge in [0.15, 0.2) is 0 Å². The molecular formula is C17H28N6O8. The lowest BCUT2D eigenvalue weighted by atomic mass is 10.5. The molecule has 14 nitrogen and oxygen atoms in total. The summed E-state index contributed by atoms with van der Waals surface area (Å²) in [6.45, 7) is 5.95. The first-order valence-electron chi connectivity index (χ1n) is 9.14. The summed E-state index contributed by atoms with van der Waals surface area (Å²) in [6, 6.07) is 0. The van der Waals surface area contributed by atoms with Gasteiger partial charge in [0.25, 0.3) is 0 Å². The maximum Gasteiger partial charge on any atom is 0.409 e. The van der Waals surface area contributed by atoms with Crippen molar-refractivity contribution in [3.8, 4) is 0 Å². The summed E-state index contributed by atoms with van der Waals surface area (Å²) < 4.78 is 19.2. The average Bonchev–Trinajstić information content (AvgIpc) is 2.73. The second-order valence-corrected chi connectivity index (χ2v) is 6.04. The number of carbonyl (C=O) groups is 4. The molecule has 31 heavy (non-hydrogen) atoms. The van der Waals surface area contributed by atoms with E-state index in [1.54, 1.807) is 19.0 Å². The predicted octanol–water partition coefficient (Wildman–Crippen LogP) is -1.91. The lowest BCUT2D eigenvalue weighted by molar-refractivity contribution is -0.139. The van der Waals surface area contributed by atoms with Crippen LogP contribution in [-0.4, -0.2) is 88.4 Å². The van der Waals surface area contributed by atoms with Crippen LogP contribution in [0.2, 0.25) is 0 Å². The van der Waals surface area contributed by atoms with Crippen LogP contribution in [-0.2, 0) is 28.5 Å². The van der Waals surface area contributed by atoms with Crippen molar-refractivity contribution >= 4 is 24.1 Å². The van der Waals surface area contributed by atoms with Gasteiger partial charge in [0, 0.05) is 12.2 Å². The Morgan fingerprint density at radius 1 is 0.774 bits per heavy atom. The topological polar surface area (TPSA) is 169 Å². The van der Waals surface area contributed by atoms with Crippen molar-refractivity contribution in [1.29, 1.82) is 0 Å². The summed E-state index contributed by atoms with van der Waals surface area (Å²) in [5.41, 5.74) is 0. The van der Waals surface area contributed by atoms with Crippen molar-refractivity contribution in [3.63, 3.8) is 0 Å². The minimum Gasteiger partial charge on any atom is -0.459 e. The van der Waals surface area contributed by atoms with E-state index in [0.29, 0.717) is 0 Å². The van der Waals surface area contributed by atoms with E-state index >= 15 is 0 Å². The fourth-order valence-electron chi connectivity index (χ4n) is 2.08. The van der Waals surface area contributed by atoms with Crippen molar-refractivity contribution in [2.75, 3.05) is 40.5 Å². The molecule has 1 aliphatic rings. The summed E-state index contributed by atoms with van der Waals surface area (Å²) in [5, 5.41) is 13.9. The summed E-state index contributed by atoms with van der Waals surface area (Å²) in [6.07, 6.45) is -1.62. The van der Waals surface area contributed by atoms with Crippen LogP contribution in [0.15, 0.2) is 25.3 Å². The molecule has 1 heterocycles. The number of carbonyl (C=O) groups excluding carboxylic acids is 4. The number of nitrogens with zero attached hydrogens (tertiary/aromatic N) is 1. The first kappa shape index (κ1) is 25.8. The lowest BCUT2D eigenvalue weighted by Crippen LogP contribution is -2.77. The summed E-state index contributed by atoms with van der Waals surface area (Å²) in [7, 11) is 3.53. The van der Waals surface area contributed by atoms with E-state index in [4.69, 9.17) is 18.9 Å². The van der Waals surface area contributed by atoms with Crippen LogP contribution >= 0.6 is 0 Å². The van der Waals surface area contributed by atoms with Gasteiger partial charge in [-0.2, -0.15) is 0 Å². The van der Waals surface area contributed by atoms with Gasteiger partial charge >= 0.3 is 24.1 Å². The minimum atomic E-state index is -0.796. The standard InChI is InChI=1S/C17H28N6O8/c1-5-11(24)28-7-9-30-16(26)21-13-18-14(20-15(19-13)23(3)4)22-17(27)31-10-8-29-12(25)6-2/h5-6,13-15,18-20H,1-2,7-10H2,3-4H3,(H,21,26)(H,22,27). The number of ether oxygens (including phenoxy) is 4. The molecule has 1 aliphatic heterocycles. The van der Waals surface area contributed by atoms with Crippen LogP contribution in [0.5, 0.6) is 0 Å². The van der Waals surface area contributed by atoms with Crippen molar-refractivity contribution in [2.24, 2.45) is 0 Å². The van der Waals surface area contributed by atoms with Crippen LogP contribution in [0.1, 0.15) is 0 Å². The van der Waals surface area contributed by atoms with Crippen LogP contribution in [0, 0.1) is 0 Å².